The van der Waals surface area contributed by atoms with Crippen LogP contribution in [-0.2, 0) is 9.59 Å². The van der Waals surface area contributed by atoms with E-state index < -0.39 is 24.0 Å². The molecule has 2 aliphatic carbocycles. The summed E-state index contributed by atoms with van der Waals surface area (Å²) in [6.07, 6.45) is -0.325. The SMILES string of the molecule is C=CCCN(/C(=N/C)c1cc(Cl)c(C2=C(O)CCC=C2F)nc1N(C=O)CC1(C(F)(F)F)CC1)C(C)CNC=O. The molecule has 0 bridgehead atoms. The van der Waals surface area contributed by atoms with Crippen molar-refractivity contribution in [1.82, 2.24) is 15.2 Å². The molecular formula is C27H32ClF4N5O3. The van der Waals surface area contributed by atoms with Crippen LogP contribution < -0.4 is 10.2 Å². The minimum atomic E-state index is -4.56. The minimum Gasteiger partial charge on any atom is -0.511 e. The van der Waals surface area contributed by atoms with E-state index in [4.69, 9.17) is 11.6 Å². The molecule has 1 heterocycles. The molecule has 3 rings (SSSR count). The number of allylic oxidation sites excluding steroid dienone is 4. The number of amidine groups is 1. The number of nitrogens with zero attached hydrogens (tertiary/aromatic N) is 4. The third-order valence-corrected chi connectivity index (χ3v) is 7.37. The second-order valence-electron chi connectivity index (χ2n) is 9.81. The van der Waals surface area contributed by atoms with E-state index in [1.165, 1.54) is 19.2 Å². The van der Waals surface area contributed by atoms with Crippen LogP contribution in [-0.4, -0.2) is 72.5 Å². The summed E-state index contributed by atoms with van der Waals surface area (Å²) in [5.74, 6) is -1.08. The average molecular weight is 586 g/mol. The molecule has 0 radical (unpaired) electrons. The maximum Gasteiger partial charge on any atom is 0.396 e. The van der Waals surface area contributed by atoms with Crippen LogP contribution in [0.3, 0.4) is 0 Å². The van der Waals surface area contributed by atoms with Crippen molar-refractivity contribution in [3.8, 4) is 0 Å². The summed E-state index contributed by atoms with van der Waals surface area (Å²) >= 11 is 6.57. The Labute approximate surface area is 235 Å². The molecule has 1 saturated carbocycles. The summed E-state index contributed by atoms with van der Waals surface area (Å²) < 4.78 is 56.6. The molecule has 0 aliphatic heterocycles. The summed E-state index contributed by atoms with van der Waals surface area (Å²) in [5, 5.41) is 13.0. The van der Waals surface area contributed by atoms with Crippen LogP contribution in [0.4, 0.5) is 23.4 Å². The first-order valence-electron chi connectivity index (χ1n) is 12.7. The smallest absolute Gasteiger partial charge is 0.396 e. The number of alkyl halides is 3. The molecule has 1 aromatic heterocycles. The normalized spacial score (nSPS) is 17.6. The summed E-state index contributed by atoms with van der Waals surface area (Å²) in [4.78, 5) is 34.7. The highest BCUT2D eigenvalue weighted by Crippen LogP contribution is 2.58. The number of carbonyl (C=O) groups excluding carboxylic acids is 2. The standard InChI is InChI=1S/C27H32ClF4N5O3/c1-4-5-11-37(17(2)13-34-15-38)24(33-3)18-12-19(28)23(22-20(29)7-6-8-21(22)40)35-25(18)36(16-39)14-26(9-10-26)27(30,31)32/h4,7,12,15-17,40H,1,5-6,8-11,13-14H2,2-3H3,(H,34,38)/b33-24+. The number of nitrogens with one attached hydrogen (secondary N) is 1. The fraction of sp³-hybridized carbons (Fsp3) is 0.481. The first-order valence-corrected chi connectivity index (χ1v) is 13.1. The van der Waals surface area contributed by atoms with Gasteiger partial charge in [-0.05, 0) is 44.7 Å². The van der Waals surface area contributed by atoms with Crippen LogP contribution in [0, 0.1) is 5.41 Å². The largest absolute Gasteiger partial charge is 0.511 e. The Morgan fingerprint density at radius 1 is 1.38 bits per heavy atom. The molecule has 218 valence electrons. The molecule has 8 nitrogen and oxygen atoms in total. The first kappa shape index (κ1) is 31.1. The van der Waals surface area contributed by atoms with Crippen LogP contribution >= 0.6 is 11.6 Å². The lowest BCUT2D eigenvalue weighted by Gasteiger charge is -2.34. The fourth-order valence-electron chi connectivity index (χ4n) is 4.66. The molecule has 0 saturated heterocycles. The predicted molar refractivity (Wildman–Crippen MR) is 146 cm³/mol. The van der Waals surface area contributed by atoms with Crippen LogP contribution in [0.1, 0.15) is 50.3 Å². The molecule has 40 heavy (non-hydrogen) atoms. The monoisotopic (exact) mass is 585 g/mol. The Balaban J connectivity index is 2.24. The van der Waals surface area contributed by atoms with E-state index in [1.807, 2.05) is 0 Å². The van der Waals surface area contributed by atoms with Gasteiger partial charge in [-0.2, -0.15) is 13.2 Å². The number of aromatic nitrogens is 1. The Hall–Kier alpha value is -3.41. The van der Waals surface area contributed by atoms with Crippen molar-refractivity contribution in [2.45, 2.75) is 51.2 Å². The molecule has 1 aromatic rings. The lowest BCUT2D eigenvalue weighted by atomic mass is 9.99. The van der Waals surface area contributed by atoms with E-state index in [1.54, 1.807) is 17.9 Å². The fourth-order valence-corrected chi connectivity index (χ4v) is 4.90. The topological polar surface area (TPSA) is 98.1 Å². The van der Waals surface area contributed by atoms with E-state index in [0.717, 1.165) is 4.90 Å². The molecule has 2 aliphatic rings. The molecular weight excluding hydrogens is 554 g/mol. The number of carbonyl (C=O) groups is 2. The van der Waals surface area contributed by atoms with E-state index in [-0.39, 0.29) is 83.9 Å². The second-order valence-corrected chi connectivity index (χ2v) is 10.2. The van der Waals surface area contributed by atoms with Gasteiger partial charge >= 0.3 is 6.18 Å². The van der Waals surface area contributed by atoms with E-state index in [2.05, 4.69) is 21.9 Å². The summed E-state index contributed by atoms with van der Waals surface area (Å²) in [7, 11) is 1.46. The quantitative estimate of drug-likeness (QED) is 0.107. The highest BCUT2D eigenvalue weighted by molar-refractivity contribution is 6.33. The number of amides is 2. The van der Waals surface area contributed by atoms with Crippen molar-refractivity contribution in [1.29, 1.82) is 0 Å². The first-order chi connectivity index (χ1) is 18.9. The van der Waals surface area contributed by atoms with Crippen LogP contribution in [0.2, 0.25) is 5.02 Å². The van der Waals surface area contributed by atoms with Gasteiger partial charge in [-0.15, -0.1) is 6.58 Å². The molecule has 2 amide bonds. The second kappa shape index (κ2) is 12.8. The number of aliphatic hydroxyl groups excluding tert-OH is 1. The van der Waals surface area contributed by atoms with Crippen molar-refractivity contribution in [2.75, 3.05) is 31.6 Å². The van der Waals surface area contributed by atoms with Crippen LogP contribution in [0.25, 0.3) is 5.57 Å². The Morgan fingerprint density at radius 2 is 2.08 bits per heavy atom. The number of anilines is 1. The van der Waals surface area contributed by atoms with Gasteiger partial charge in [-0.1, -0.05) is 17.7 Å². The van der Waals surface area contributed by atoms with Gasteiger partial charge in [0.2, 0.25) is 12.8 Å². The molecule has 1 fully saturated rings. The van der Waals surface area contributed by atoms with Gasteiger partial charge in [0.05, 0.1) is 27.3 Å². The van der Waals surface area contributed by atoms with Crippen molar-refractivity contribution >= 4 is 41.6 Å². The van der Waals surface area contributed by atoms with Gasteiger partial charge in [0, 0.05) is 39.1 Å². The number of halogens is 5. The van der Waals surface area contributed by atoms with Gasteiger partial charge in [-0.25, -0.2) is 9.37 Å². The molecule has 0 spiro atoms. The molecule has 13 heteroatoms. The number of pyridine rings is 1. The lowest BCUT2D eigenvalue weighted by Crippen LogP contribution is -2.46. The van der Waals surface area contributed by atoms with E-state index in [9.17, 15) is 32.3 Å². The zero-order valence-corrected chi connectivity index (χ0v) is 23.0. The van der Waals surface area contributed by atoms with Crippen LogP contribution in [0.5, 0.6) is 0 Å². The third-order valence-electron chi connectivity index (χ3n) is 7.08. The van der Waals surface area contributed by atoms with Crippen LogP contribution in [0.15, 0.2) is 41.4 Å². The molecule has 0 aromatic carbocycles. The van der Waals surface area contributed by atoms with Gasteiger partial charge in [-0.3, -0.25) is 19.5 Å². The number of rotatable bonds is 13. The van der Waals surface area contributed by atoms with Crippen molar-refractivity contribution in [2.24, 2.45) is 10.4 Å². The summed E-state index contributed by atoms with van der Waals surface area (Å²) in [5.41, 5.74) is -2.46. The van der Waals surface area contributed by atoms with Crippen molar-refractivity contribution in [3.63, 3.8) is 0 Å². The zero-order chi connectivity index (χ0) is 29.7. The maximum absolute atomic E-state index is 14.9. The van der Waals surface area contributed by atoms with Crippen molar-refractivity contribution < 1.29 is 32.3 Å². The van der Waals surface area contributed by atoms with Gasteiger partial charge in [0.1, 0.15) is 23.2 Å². The summed E-state index contributed by atoms with van der Waals surface area (Å²) in [6.45, 7) is 5.39. The Bertz CT molecular complexity index is 1230. The molecule has 1 unspecified atom stereocenters. The van der Waals surface area contributed by atoms with E-state index >= 15 is 0 Å². The average Bonchev–Trinajstić information content (AvgIpc) is 3.70. The molecule has 2 N–H and O–H groups in total. The number of aliphatic imine (C=N–C) groups is 1. The Kier molecular flexibility index (Phi) is 9.99. The zero-order valence-electron chi connectivity index (χ0n) is 22.3. The van der Waals surface area contributed by atoms with Crippen molar-refractivity contribution in [3.05, 3.63) is 52.7 Å². The Morgan fingerprint density at radius 3 is 2.60 bits per heavy atom. The number of aliphatic hydroxyl groups is 1. The number of hydrogen-bond acceptors (Lipinski definition) is 5. The summed E-state index contributed by atoms with van der Waals surface area (Å²) in [6, 6.07) is 1.00. The van der Waals surface area contributed by atoms with Gasteiger partial charge < -0.3 is 15.3 Å². The third kappa shape index (κ3) is 6.48. The van der Waals surface area contributed by atoms with E-state index in [0.29, 0.717) is 19.4 Å². The highest BCUT2D eigenvalue weighted by Gasteiger charge is 2.64. The van der Waals surface area contributed by atoms with Gasteiger partial charge in [0.15, 0.2) is 0 Å². The molecule has 1 atom stereocenters. The minimum absolute atomic E-state index is 0.1000. The lowest BCUT2D eigenvalue weighted by molar-refractivity contribution is -0.183. The number of hydrogen-bond donors (Lipinski definition) is 2. The highest BCUT2D eigenvalue weighted by atomic mass is 35.5. The predicted octanol–water partition coefficient (Wildman–Crippen LogP) is 5.35. The van der Waals surface area contributed by atoms with Gasteiger partial charge in [0.25, 0.3) is 0 Å². The maximum atomic E-state index is 14.9.